The maximum absolute atomic E-state index is 10.8. The Labute approximate surface area is 104 Å². The number of aliphatic carboxylic acids is 1. The van der Waals surface area contributed by atoms with E-state index in [1.54, 1.807) is 11.8 Å². The molecule has 0 bridgehead atoms. The molecule has 1 aromatic heterocycles. The molecular formula is C11H15N3O2S. The maximum Gasteiger partial charge on any atom is 0.306 e. The molecule has 17 heavy (non-hydrogen) atoms. The van der Waals surface area contributed by atoms with E-state index >= 15 is 0 Å². The summed E-state index contributed by atoms with van der Waals surface area (Å²) in [5, 5.41) is 13.1. The highest BCUT2D eigenvalue weighted by molar-refractivity contribution is 7.98. The smallest absolute Gasteiger partial charge is 0.306 e. The van der Waals surface area contributed by atoms with Gasteiger partial charge >= 0.3 is 5.97 Å². The topological polar surface area (TPSA) is 75.1 Å². The number of carboxylic acid groups (broad SMARTS) is 1. The second-order valence-corrected chi connectivity index (χ2v) is 4.96. The average molecular weight is 253 g/mol. The summed E-state index contributed by atoms with van der Waals surface area (Å²) >= 11 is 1.56. The van der Waals surface area contributed by atoms with Crippen molar-refractivity contribution >= 4 is 23.5 Å². The Bertz CT molecular complexity index is 413. The summed E-state index contributed by atoms with van der Waals surface area (Å²) in [5.41, 5.74) is 0. The number of hydrogen-bond acceptors (Lipinski definition) is 5. The van der Waals surface area contributed by atoms with E-state index in [1.165, 1.54) is 6.33 Å². The van der Waals surface area contributed by atoms with Crippen LogP contribution >= 0.6 is 11.8 Å². The van der Waals surface area contributed by atoms with E-state index in [0.717, 1.165) is 23.7 Å². The van der Waals surface area contributed by atoms with E-state index in [1.807, 2.05) is 12.3 Å². The van der Waals surface area contributed by atoms with Crippen molar-refractivity contribution in [2.45, 2.75) is 30.3 Å². The third-order valence-electron chi connectivity index (χ3n) is 2.99. The van der Waals surface area contributed by atoms with Gasteiger partial charge in [0.15, 0.2) is 0 Å². The van der Waals surface area contributed by atoms with Crippen LogP contribution in [0.1, 0.15) is 19.3 Å². The van der Waals surface area contributed by atoms with Crippen LogP contribution in [0.25, 0.3) is 0 Å². The lowest BCUT2D eigenvalue weighted by Crippen LogP contribution is -2.18. The maximum atomic E-state index is 10.8. The molecule has 2 N–H and O–H groups in total. The molecule has 0 amide bonds. The minimum Gasteiger partial charge on any atom is -0.481 e. The fourth-order valence-corrected chi connectivity index (χ4v) is 2.46. The predicted octanol–water partition coefficient (Wildman–Crippen LogP) is 1.86. The number of nitrogens with one attached hydrogen (secondary N) is 1. The van der Waals surface area contributed by atoms with Gasteiger partial charge in [-0.2, -0.15) is 0 Å². The van der Waals surface area contributed by atoms with Crippen molar-refractivity contribution in [2.75, 3.05) is 11.6 Å². The van der Waals surface area contributed by atoms with Gasteiger partial charge in [-0.3, -0.25) is 4.79 Å². The monoisotopic (exact) mass is 253 g/mol. The molecule has 1 aliphatic carbocycles. The largest absolute Gasteiger partial charge is 0.481 e. The Morgan fingerprint density at radius 2 is 2.35 bits per heavy atom. The van der Waals surface area contributed by atoms with Crippen LogP contribution < -0.4 is 5.32 Å². The van der Waals surface area contributed by atoms with E-state index in [2.05, 4.69) is 15.3 Å². The quantitative estimate of drug-likeness (QED) is 0.630. The van der Waals surface area contributed by atoms with E-state index < -0.39 is 5.97 Å². The molecule has 2 rings (SSSR count). The molecule has 0 radical (unpaired) electrons. The number of thioether (sulfide) groups is 1. The number of anilines is 1. The van der Waals surface area contributed by atoms with Crippen LogP contribution in [-0.4, -0.2) is 33.3 Å². The fourth-order valence-electron chi connectivity index (χ4n) is 2.08. The van der Waals surface area contributed by atoms with E-state index in [-0.39, 0.29) is 12.0 Å². The van der Waals surface area contributed by atoms with Gasteiger partial charge in [0, 0.05) is 12.1 Å². The Morgan fingerprint density at radius 1 is 1.53 bits per heavy atom. The SMILES string of the molecule is CSc1cc(NC2CCC(C(=O)O)C2)ncn1. The van der Waals surface area contributed by atoms with Gasteiger partial charge in [0.05, 0.1) is 5.92 Å². The molecule has 2 unspecified atom stereocenters. The minimum atomic E-state index is -0.693. The highest BCUT2D eigenvalue weighted by Crippen LogP contribution is 2.28. The summed E-state index contributed by atoms with van der Waals surface area (Å²) in [6.07, 6.45) is 5.79. The van der Waals surface area contributed by atoms with Crippen molar-refractivity contribution in [3.05, 3.63) is 12.4 Å². The molecule has 1 heterocycles. The van der Waals surface area contributed by atoms with Gasteiger partial charge in [-0.25, -0.2) is 9.97 Å². The third-order valence-corrected chi connectivity index (χ3v) is 3.63. The first-order valence-electron chi connectivity index (χ1n) is 5.54. The summed E-state index contributed by atoms with van der Waals surface area (Å²) in [5.74, 6) is -0.128. The molecule has 92 valence electrons. The number of aromatic nitrogens is 2. The first-order chi connectivity index (χ1) is 8.19. The van der Waals surface area contributed by atoms with E-state index in [0.29, 0.717) is 6.42 Å². The van der Waals surface area contributed by atoms with Gasteiger partial charge in [0.1, 0.15) is 17.2 Å². The Kier molecular flexibility index (Phi) is 3.83. The average Bonchev–Trinajstić information content (AvgIpc) is 2.78. The molecule has 2 atom stereocenters. The standard InChI is InChI=1S/C11H15N3O2S/c1-17-10-5-9(12-6-13-10)14-8-3-2-7(4-8)11(15)16/h5-8H,2-4H2,1H3,(H,15,16)(H,12,13,14). The Morgan fingerprint density at radius 3 is 3.00 bits per heavy atom. The number of hydrogen-bond donors (Lipinski definition) is 2. The Balaban J connectivity index is 1.95. The zero-order valence-electron chi connectivity index (χ0n) is 9.59. The van der Waals surface area contributed by atoms with Crippen molar-refractivity contribution in [1.29, 1.82) is 0 Å². The fraction of sp³-hybridized carbons (Fsp3) is 0.545. The molecule has 1 saturated carbocycles. The molecule has 0 aromatic carbocycles. The van der Waals surface area contributed by atoms with Gasteiger partial charge in [0.25, 0.3) is 0 Å². The van der Waals surface area contributed by atoms with Gasteiger partial charge in [-0.1, -0.05) is 0 Å². The summed E-state index contributed by atoms with van der Waals surface area (Å²) in [6, 6.07) is 2.10. The van der Waals surface area contributed by atoms with Crippen LogP contribution in [0, 0.1) is 5.92 Å². The van der Waals surface area contributed by atoms with Crippen LogP contribution in [0.3, 0.4) is 0 Å². The summed E-state index contributed by atoms with van der Waals surface area (Å²) in [7, 11) is 0. The van der Waals surface area contributed by atoms with Gasteiger partial charge in [-0.05, 0) is 25.5 Å². The molecule has 1 aromatic rings. The molecular weight excluding hydrogens is 238 g/mol. The first kappa shape index (κ1) is 12.2. The molecule has 1 aliphatic rings. The van der Waals surface area contributed by atoms with Gasteiger partial charge in [0.2, 0.25) is 0 Å². The highest BCUT2D eigenvalue weighted by Gasteiger charge is 2.29. The van der Waals surface area contributed by atoms with Crippen LogP contribution in [-0.2, 0) is 4.79 Å². The lowest BCUT2D eigenvalue weighted by Gasteiger charge is -2.13. The van der Waals surface area contributed by atoms with Crippen LogP contribution in [0.2, 0.25) is 0 Å². The lowest BCUT2D eigenvalue weighted by atomic mass is 10.1. The number of nitrogens with zero attached hydrogens (tertiary/aromatic N) is 2. The van der Waals surface area contributed by atoms with Crippen LogP contribution in [0.4, 0.5) is 5.82 Å². The third kappa shape index (κ3) is 3.09. The molecule has 0 saturated heterocycles. The van der Waals surface area contributed by atoms with Crippen molar-refractivity contribution in [2.24, 2.45) is 5.92 Å². The Hall–Kier alpha value is -1.30. The second-order valence-electron chi connectivity index (χ2n) is 4.14. The van der Waals surface area contributed by atoms with Crippen molar-refractivity contribution < 1.29 is 9.90 Å². The summed E-state index contributed by atoms with van der Waals surface area (Å²) in [4.78, 5) is 19.1. The van der Waals surface area contributed by atoms with Gasteiger partial charge < -0.3 is 10.4 Å². The van der Waals surface area contributed by atoms with Crippen LogP contribution in [0.5, 0.6) is 0 Å². The predicted molar refractivity (Wildman–Crippen MR) is 66.2 cm³/mol. The molecule has 5 nitrogen and oxygen atoms in total. The summed E-state index contributed by atoms with van der Waals surface area (Å²) < 4.78 is 0. The van der Waals surface area contributed by atoms with E-state index in [4.69, 9.17) is 5.11 Å². The normalized spacial score (nSPS) is 23.6. The van der Waals surface area contributed by atoms with Crippen molar-refractivity contribution in [3.63, 3.8) is 0 Å². The highest BCUT2D eigenvalue weighted by atomic mass is 32.2. The van der Waals surface area contributed by atoms with Crippen LogP contribution in [0.15, 0.2) is 17.4 Å². The number of carbonyl (C=O) groups is 1. The number of rotatable bonds is 4. The zero-order chi connectivity index (χ0) is 12.3. The number of carboxylic acids is 1. The molecule has 1 fully saturated rings. The van der Waals surface area contributed by atoms with Gasteiger partial charge in [-0.15, -0.1) is 11.8 Å². The second kappa shape index (κ2) is 5.35. The molecule has 0 aliphatic heterocycles. The first-order valence-corrected chi connectivity index (χ1v) is 6.77. The lowest BCUT2D eigenvalue weighted by molar-refractivity contribution is -0.141. The van der Waals surface area contributed by atoms with Crippen molar-refractivity contribution in [3.8, 4) is 0 Å². The zero-order valence-corrected chi connectivity index (χ0v) is 10.4. The molecule has 0 spiro atoms. The van der Waals surface area contributed by atoms with E-state index in [9.17, 15) is 4.79 Å². The minimum absolute atomic E-state index is 0.209. The summed E-state index contributed by atoms with van der Waals surface area (Å²) in [6.45, 7) is 0. The molecule has 6 heteroatoms. The van der Waals surface area contributed by atoms with Crippen molar-refractivity contribution in [1.82, 2.24) is 9.97 Å².